The number of pyridine rings is 1. The number of carbonyl (C=O) groups is 3. The number of thiophene rings is 1. The van der Waals surface area contributed by atoms with E-state index in [-0.39, 0.29) is 24.0 Å². The van der Waals surface area contributed by atoms with E-state index in [2.05, 4.69) is 52.5 Å². The van der Waals surface area contributed by atoms with Gasteiger partial charge in [0.1, 0.15) is 28.5 Å². The number of aryl methyl sites for hydroxylation is 3. The Morgan fingerprint density at radius 2 is 1.58 bits per heavy atom. The Morgan fingerprint density at radius 3 is 2.30 bits per heavy atom. The van der Waals surface area contributed by atoms with Crippen molar-refractivity contribution in [3.05, 3.63) is 110 Å². The van der Waals surface area contributed by atoms with Gasteiger partial charge in [0.2, 0.25) is 11.8 Å². The molecular formula is C45H51ClN8O5S. The van der Waals surface area contributed by atoms with Crippen LogP contribution in [-0.4, -0.2) is 107 Å². The van der Waals surface area contributed by atoms with Crippen molar-refractivity contribution in [1.82, 2.24) is 30.0 Å². The highest BCUT2D eigenvalue weighted by Gasteiger charge is 2.32. The average molecular weight is 851 g/mol. The minimum atomic E-state index is -0.549. The molecule has 1 N–H and O–H groups in total. The Kier molecular flexibility index (Phi) is 13.9. The molecular weight excluding hydrogens is 800 g/mol. The van der Waals surface area contributed by atoms with E-state index in [9.17, 15) is 14.4 Å². The zero-order chi connectivity index (χ0) is 42.3. The molecule has 2 aliphatic rings. The number of hydrogen-bond acceptors (Lipinski definition) is 11. The number of carbonyl (C=O) groups excluding carboxylic acids is 3. The van der Waals surface area contributed by atoms with Crippen LogP contribution >= 0.6 is 22.9 Å². The summed E-state index contributed by atoms with van der Waals surface area (Å²) in [4.78, 5) is 53.0. The van der Waals surface area contributed by atoms with Gasteiger partial charge in [-0.05, 0) is 81.1 Å². The number of ketones is 1. The van der Waals surface area contributed by atoms with Crippen LogP contribution in [0.1, 0.15) is 70.2 Å². The van der Waals surface area contributed by atoms with Gasteiger partial charge in [-0.2, -0.15) is 0 Å². The fourth-order valence-electron chi connectivity index (χ4n) is 7.52. The second-order valence-electron chi connectivity index (χ2n) is 15.2. The molecule has 0 radical (unpaired) electrons. The van der Waals surface area contributed by atoms with E-state index in [0.717, 1.165) is 61.3 Å². The molecule has 7 rings (SSSR count). The lowest BCUT2D eigenvalue weighted by Gasteiger charge is -2.35. The van der Waals surface area contributed by atoms with Gasteiger partial charge in [0.25, 0.3) is 0 Å². The number of nitrogens with one attached hydrogen (secondary N) is 1. The van der Waals surface area contributed by atoms with Crippen molar-refractivity contribution < 1.29 is 23.9 Å². The number of aliphatic imine (C=N–C) groups is 1. The third-order valence-electron chi connectivity index (χ3n) is 11.0. The molecule has 0 bridgehead atoms. The first-order valence-electron chi connectivity index (χ1n) is 20.3. The van der Waals surface area contributed by atoms with Gasteiger partial charge in [-0.1, -0.05) is 41.9 Å². The molecule has 0 spiro atoms. The lowest BCUT2D eigenvalue weighted by Crippen LogP contribution is -2.49. The number of hydrogen-bond donors (Lipinski definition) is 1. The molecule has 13 nitrogen and oxygen atoms in total. The quantitative estimate of drug-likeness (QED) is 0.109. The predicted octanol–water partition coefficient (Wildman–Crippen LogP) is 6.58. The molecule has 3 aromatic heterocycles. The molecule has 5 heterocycles. The molecule has 60 heavy (non-hydrogen) atoms. The summed E-state index contributed by atoms with van der Waals surface area (Å²) >= 11 is 7.90. The highest BCUT2D eigenvalue weighted by molar-refractivity contribution is 7.15. The van der Waals surface area contributed by atoms with Crippen molar-refractivity contribution in [2.45, 2.75) is 59.9 Å². The molecule has 2 amide bonds. The first kappa shape index (κ1) is 42.8. The number of benzene rings is 2. The van der Waals surface area contributed by atoms with Crippen LogP contribution in [0.3, 0.4) is 0 Å². The minimum Gasteiger partial charge on any atom is -0.379 e. The Bertz CT molecular complexity index is 2370. The van der Waals surface area contributed by atoms with Crippen LogP contribution < -0.4 is 10.2 Å². The highest BCUT2D eigenvalue weighted by atomic mass is 35.5. The van der Waals surface area contributed by atoms with Crippen LogP contribution in [0.2, 0.25) is 5.02 Å². The van der Waals surface area contributed by atoms with Gasteiger partial charge < -0.3 is 24.6 Å². The monoisotopic (exact) mass is 850 g/mol. The van der Waals surface area contributed by atoms with Crippen molar-refractivity contribution >= 4 is 52.1 Å². The van der Waals surface area contributed by atoms with Crippen LogP contribution in [0.5, 0.6) is 0 Å². The summed E-state index contributed by atoms with van der Waals surface area (Å²) in [5.41, 5.74) is 8.05. The lowest BCUT2D eigenvalue weighted by atomic mass is 9.98. The molecule has 1 saturated heterocycles. The maximum atomic E-state index is 13.2. The van der Waals surface area contributed by atoms with Crippen molar-refractivity contribution in [3.8, 4) is 16.1 Å². The summed E-state index contributed by atoms with van der Waals surface area (Å²) < 4.78 is 13.4. The van der Waals surface area contributed by atoms with Gasteiger partial charge in [0, 0.05) is 71.9 Å². The first-order valence-corrected chi connectivity index (χ1v) is 21.5. The van der Waals surface area contributed by atoms with E-state index in [0.29, 0.717) is 82.8 Å². The summed E-state index contributed by atoms with van der Waals surface area (Å²) in [5.74, 6) is 2.29. The molecule has 0 aliphatic carbocycles. The van der Waals surface area contributed by atoms with Crippen LogP contribution in [0.15, 0.2) is 65.8 Å². The number of piperazine rings is 1. The summed E-state index contributed by atoms with van der Waals surface area (Å²) in [6.07, 6.45) is 2.69. The van der Waals surface area contributed by atoms with Gasteiger partial charge >= 0.3 is 0 Å². The molecule has 1 fully saturated rings. The molecule has 0 saturated carbocycles. The zero-order valence-electron chi connectivity index (χ0n) is 34.8. The summed E-state index contributed by atoms with van der Waals surface area (Å²) in [6, 6.07) is 17.3. The van der Waals surface area contributed by atoms with E-state index < -0.39 is 6.04 Å². The largest absolute Gasteiger partial charge is 0.379 e. The second kappa shape index (κ2) is 19.4. The number of halogens is 1. The van der Waals surface area contributed by atoms with Crippen molar-refractivity contribution in [1.29, 1.82) is 0 Å². The zero-order valence-corrected chi connectivity index (χ0v) is 36.4. The number of aromatic nitrogens is 4. The lowest BCUT2D eigenvalue weighted by molar-refractivity contribution is -0.132. The smallest absolute Gasteiger partial charge is 0.225 e. The Hall–Kier alpha value is -5.28. The first-order chi connectivity index (χ1) is 29.0. The molecule has 0 unspecified atom stereocenters. The number of anilines is 1. The maximum absolute atomic E-state index is 13.2. The van der Waals surface area contributed by atoms with Crippen LogP contribution in [0.4, 0.5) is 5.82 Å². The van der Waals surface area contributed by atoms with Crippen LogP contribution in [0, 0.1) is 27.7 Å². The topological polar surface area (TPSA) is 144 Å². The number of amides is 2. The molecule has 314 valence electrons. The number of rotatable bonds is 16. The molecule has 1 atom stereocenters. The van der Waals surface area contributed by atoms with Gasteiger partial charge in [0.15, 0.2) is 5.82 Å². The third kappa shape index (κ3) is 10.0. The van der Waals surface area contributed by atoms with Crippen molar-refractivity contribution in [2.24, 2.45) is 4.99 Å². The van der Waals surface area contributed by atoms with Gasteiger partial charge in [-0.25, -0.2) is 4.98 Å². The molecule has 2 aromatic carbocycles. The van der Waals surface area contributed by atoms with Crippen LogP contribution in [-0.2, 0) is 30.3 Å². The minimum absolute atomic E-state index is 0.0647. The highest BCUT2D eigenvalue weighted by Crippen LogP contribution is 2.39. The summed E-state index contributed by atoms with van der Waals surface area (Å²) in [5, 5.41) is 13.4. The fraction of sp³-hybridized carbons (Fsp3) is 0.400. The van der Waals surface area contributed by atoms with E-state index in [4.69, 9.17) is 31.1 Å². The fourth-order valence-corrected chi connectivity index (χ4v) is 8.86. The van der Waals surface area contributed by atoms with Gasteiger partial charge in [-0.3, -0.25) is 23.9 Å². The summed E-state index contributed by atoms with van der Waals surface area (Å²) in [6.45, 7) is 14.0. The Morgan fingerprint density at radius 1 is 0.867 bits per heavy atom. The summed E-state index contributed by atoms with van der Waals surface area (Å²) in [7, 11) is 0. The average Bonchev–Trinajstić information content (AvgIpc) is 3.72. The van der Waals surface area contributed by atoms with Crippen molar-refractivity contribution in [3.63, 3.8) is 0 Å². The van der Waals surface area contributed by atoms with E-state index in [1.165, 1.54) is 4.88 Å². The standard InChI is InChI=1S/C45H51ClN8O5S/c1-28-6-7-34(25-36(28)24-29(2)55)35-10-13-39(48-27-35)52-16-18-53(19-17-52)41(57)14-20-58-22-23-59-21-15-47-40(56)26-38-44-51-50-32(5)54(44)45-42(30(3)31(4)60-45)43(49-38)33-8-11-37(46)12-9-33/h6-13,25,27,38H,14-24,26H2,1-5H3,(H,47,56)/t38-/m0/s1. The molecule has 2 aliphatic heterocycles. The molecule has 15 heteroatoms. The van der Waals surface area contributed by atoms with Gasteiger partial charge in [0.05, 0.1) is 45.0 Å². The third-order valence-corrected chi connectivity index (χ3v) is 12.4. The number of Topliss-reactive ketones (excluding diaryl/α,β-unsaturated/α-hetero) is 1. The predicted molar refractivity (Wildman–Crippen MR) is 235 cm³/mol. The SMILES string of the molecule is CC(=O)Cc1cc(-c2ccc(N3CCN(C(=O)CCOCCOCCNC(=O)C[C@@H]4N=C(c5ccc(Cl)cc5)c5c(sc(C)c5C)-n5c(C)nnc54)CC3)nc2)ccc1C. The van der Waals surface area contributed by atoms with Crippen LogP contribution in [0.25, 0.3) is 16.1 Å². The van der Waals surface area contributed by atoms with Gasteiger partial charge in [-0.15, -0.1) is 21.5 Å². The number of nitrogens with zero attached hydrogens (tertiary/aromatic N) is 7. The van der Waals surface area contributed by atoms with E-state index >= 15 is 0 Å². The van der Waals surface area contributed by atoms with E-state index in [1.807, 2.05) is 65.9 Å². The maximum Gasteiger partial charge on any atom is 0.225 e. The van der Waals surface area contributed by atoms with E-state index in [1.54, 1.807) is 18.3 Å². The normalized spacial score (nSPS) is 15.0. The van der Waals surface area contributed by atoms with Crippen molar-refractivity contribution in [2.75, 3.05) is 64.1 Å². The molecule has 5 aromatic rings. The Labute approximate surface area is 359 Å². The second-order valence-corrected chi connectivity index (χ2v) is 16.9. The Balaban J connectivity index is 0.802. The number of fused-ring (bicyclic) bond motifs is 3. The number of ether oxygens (including phenoxy) is 2.